The largest absolute Gasteiger partial charge is 0.458 e. The second kappa shape index (κ2) is 6.71. The zero-order valence-corrected chi connectivity index (χ0v) is 15.5. The third kappa shape index (κ3) is 3.25. The van der Waals surface area contributed by atoms with Gasteiger partial charge in [0.15, 0.2) is 11.4 Å². The highest BCUT2D eigenvalue weighted by Gasteiger charge is 2.21. The number of anilines is 1. The molecule has 0 saturated heterocycles. The van der Waals surface area contributed by atoms with Crippen LogP contribution in [0.25, 0.3) is 11.0 Å². The summed E-state index contributed by atoms with van der Waals surface area (Å²) in [6, 6.07) is 7.96. The SMILES string of the molecule is CC(=O)c1c(C)oc2c(NC(=O)c3c(Cl)cccc3Cl)cc(Cl)cc12. The molecule has 0 aliphatic heterocycles. The first-order valence-corrected chi connectivity index (χ1v) is 8.42. The highest BCUT2D eigenvalue weighted by Crippen LogP contribution is 2.35. The van der Waals surface area contributed by atoms with Crippen LogP contribution in [0.5, 0.6) is 0 Å². The fourth-order valence-electron chi connectivity index (χ4n) is 2.71. The van der Waals surface area contributed by atoms with Gasteiger partial charge in [-0.3, -0.25) is 9.59 Å². The zero-order chi connectivity index (χ0) is 18.3. The van der Waals surface area contributed by atoms with Gasteiger partial charge in [0, 0.05) is 10.4 Å². The molecule has 0 spiro atoms. The first-order chi connectivity index (χ1) is 11.8. The van der Waals surface area contributed by atoms with Gasteiger partial charge >= 0.3 is 0 Å². The van der Waals surface area contributed by atoms with Crippen molar-refractivity contribution in [2.45, 2.75) is 13.8 Å². The van der Waals surface area contributed by atoms with Crippen molar-refractivity contribution in [1.82, 2.24) is 0 Å². The Labute approximate surface area is 158 Å². The Balaban J connectivity index is 2.12. The number of furan rings is 1. The van der Waals surface area contributed by atoms with Crippen LogP contribution in [0.2, 0.25) is 15.1 Å². The van der Waals surface area contributed by atoms with Crippen LogP contribution in [0.1, 0.15) is 33.4 Å². The number of hydrogen-bond acceptors (Lipinski definition) is 3. The van der Waals surface area contributed by atoms with Gasteiger partial charge in [0.2, 0.25) is 0 Å². The minimum Gasteiger partial charge on any atom is -0.458 e. The Hall–Kier alpha value is -2.01. The second-order valence-electron chi connectivity index (χ2n) is 5.47. The van der Waals surface area contributed by atoms with Crippen LogP contribution < -0.4 is 5.32 Å². The summed E-state index contributed by atoms with van der Waals surface area (Å²) in [4.78, 5) is 24.5. The van der Waals surface area contributed by atoms with Gasteiger partial charge in [-0.05, 0) is 38.1 Å². The molecule has 0 saturated carbocycles. The standard InChI is InChI=1S/C18H12Cl3NO3/c1-8(23)15-9(2)25-17-11(15)6-10(19)7-14(17)22-18(24)16-12(20)4-3-5-13(16)21/h3-7H,1-2H3,(H,22,24). The van der Waals surface area contributed by atoms with E-state index in [0.29, 0.717) is 33.0 Å². The number of Topliss-reactive ketones (excluding diaryl/α,β-unsaturated/α-hetero) is 1. The minimum absolute atomic E-state index is 0.147. The molecule has 0 bridgehead atoms. The van der Waals surface area contributed by atoms with Gasteiger partial charge in [0.1, 0.15) is 5.76 Å². The van der Waals surface area contributed by atoms with Gasteiger partial charge in [0.05, 0.1) is 26.9 Å². The maximum absolute atomic E-state index is 12.6. The number of benzene rings is 2. The molecule has 0 atom stereocenters. The molecule has 0 aliphatic rings. The smallest absolute Gasteiger partial charge is 0.258 e. The number of amides is 1. The Kier molecular flexibility index (Phi) is 4.78. The molecule has 1 N–H and O–H groups in total. The van der Waals surface area contributed by atoms with Gasteiger partial charge in [-0.15, -0.1) is 0 Å². The number of ketones is 1. The third-order valence-electron chi connectivity index (χ3n) is 3.72. The van der Waals surface area contributed by atoms with Crippen molar-refractivity contribution < 1.29 is 14.0 Å². The Morgan fingerprint density at radius 1 is 1.04 bits per heavy atom. The highest BCUT2D eigenvalue weighted by atomic mass is 35.5. The molecule has 1 aromatic heterocycles. The first-order valence-electron chi connectivity index (χ1n) is 7.28. The van der Waals surface area contributed by atoms with Crippen molar-refractivity contribution in [2.24, 2.45) is 0 Å². The Morgan fingerprint density at radius 2 is 1.68 bits per heavy atom. The van der Waals surface area contributed by atoms with Crippen molar-refractivity contribution in [3.05, 3.63) is 62.3 Å². The van der Waals surface area contributed by atoms with Crippen LogP contribution >= 0.6 is 34.8 Å². The molecule has 25 heavy (non-hydrogen) atoms. The van der Waals surface area contributed by atoms with Crippen LogP contribution in [0.4, 0.5) is 5.69 Å². The molecule has 4 nitrogen and oxygen atoms in total. The predicted molar refractivity (Wildman–Crippen MR) is 100 cm³/mol. The lowest BCUT2D eigenvalue weighted by atomic mass is 10.1. The van der Waals surface area contributed by atoms with Crippen molar-refractivity contribution >= 4 is 63.1 Å². The number of carbonyl (C=O) groups is 2. The van der Waals surface area contributed by atoms with Crippen LogP contribution in [0.15, 0.2) is 34.7 Å². The van der Waals surface area contributed by atoms with Crippen LogP contribution in [0, 0.1) is 6.92 Å². The molecule has 0 fully saturated rings. The molecule has 7 heteroatoms. The first kappa shape index (κ1) is 17.8. The zero-order valence-electron chi connectivity index (χ0n) is 13.2. The predicted octanol–water partition coefficient (Wildman–Crippen LogP) is 6.16. The Morgan fingerprint density at radius 3 is 2.28 bits per heavy atom. The molecule has 3 rings (SSSR count). The van der Waals surface area contributed by atoms with E-state index in [2.05, 4.69) is 5.32 Å². The summed E-state index contributed by atoms with van der Waals surface area (Å²) in [7, 11) is 0. The quantitative estimate of drug-likeness (QED) is 0.540. The molecule has 0 radical (unpaired) electrons. The Bertz CT molecular complexity index is 1000. The summed E-state index contributed by atoms with van der Waals surface area (Å²) in [6.07, 6.45) is 0. The fourth-order valence-corrected chi connectivity index (χ4v) is 3.50. The van der Waals surface area contributed by atoms with Gasteiger partial charge in [-0.25, -0.2) is 0 Å². The van der Waals surface area contributed by atoms with Gasteiger partial charge in [-0.2, -0.15) is 0 Å². The fraction of sp³-hybridized carbons (Fsp3) is 0.111. The second-order valence-corrected chi connectivity index (χ2v) is 6.72. The van der Waals surface area contributed by atoms with Gasteiger partial charge in [0.25, 0.3) is 5.91 Å². The van der Waals surface area contributed by atoms with Gasteiger partial charge < -0.3 is 9.73 Å². The van der Waals surface area contributed by atoms with E-state index in [-0.39, 0.29) is 21.4 Å². The molecule has 128 valence electrons. The van der Waals surface area contributed by atoms with E-state index < -0.39 is 5.91 Å². The van der Waals surface area contributed by atoms with Crippen LogP contribution in [-0.4, -0.2) is 11.7 Å². The van der Waals surface area contributed by atoms with E-state index in [1.165, 1.54) is 6.92 Å². The lowest BCUT2D eigenvalue weighted by Gasteiger charge is -2.09. The number of nitrogens with one attached hydrogen (secondary N) is 1. The van der Waals surface area contributed by atoms with Crippen molar-refractivity contribution in [3.63, 3.8) is 0 Å². The average molecular weight is 397 g/mol. The monoisotopic (exact) mass is 395 g/mol. The number of aryl methyl sites for hydroxylation is 1. The average Bonchev–Trinajstić information content (AvgIpc) is 2.83. The molecule has 0 aliphatic carbocycles. The minimum atomic E-state index is -0.502. The summed E-state index contributed by atoms with van der Waals surface area (Å²) in [5, 5.41) is 4.05. The van der Waals surface area contributed by atoms with Crippen molar-refractivity contribution in [2.75, 3.05) is 5.32 Å². The lowest BCUT2D eigenvalue weighted by Crippen LogP contribution is -2.13. The molecule has 0 unspecified atom stereocenters. The molecular weight excluding hydrogens is 385 g/mol. The van der Waals surface area contributed by atoms with Crippen LogP contribution in [0.3, 0.4) is 0 Å². The number of fused-ring (bicyclic) bond motifs is 1. The summed E-state index contributed by atoms with van der Waals surface area (Å²) in [5.74, 6) is -0.196. The number of rotatable bonds is 3. The van der Waals surface area contributed by atoms with Crippen LogP contribution in [-0.2, 0) is 0 Å². The number of hydrogen-bond donors (Lipinski definition) is 1. The normalized spacial score (nSPS) is 10.9. The van der Waals surface area contributed by atoms with E-state index in [9.17, 15) is 9.59 Å². The maximum atomic E-state index is 12.6. The molecule has 1 heterocycles. The topological polar surface area (TPSA) is 59.3 Å². The van der Waals surface area contributed by atoms with Gasteiger partial charge in [-0.1, -0.05) is 40.9 Å². The highest BCUT2D eigenvalue weighted by molar-refractivity contribution is 6.40. The summed E-state index contributed by atoms with van der Waals surface area (Å²) in [5.41, 5.74) is 1.28. The summed E-state index contributed by atoms with van der Waals surface area (Å²) < 4.78 is 5.68. The lowest BCUT2D eigenvalue weighted by molar-refractivity contribution is 0.101. The molecule has 2 aromatic carbocycles. The molecular formula is C18H12Cl3NO3. The van der Waals surface area contributed by atoms with E-state index in [1.807, 2.05) is 0 Å². The van der Waals surface area contributed by atoms with Crippen molar-refractivity contribution in [1.29, 1.82) is 0 Å². The van der Waals surface area contributed by atoms with E-state index in [0.717, 1.165) is 0 Å². The third-order valence-corrected chi connectivity index (χ3v) is 4.57. The molecule has 3 aromatic rings. The summed E-state index contributed by atoms with van der Waals surface area (Å²) in [6.45, 7) is 3.13. The van der Waals surface area contributed by atoms with E-state index in [4.69, 9.17) is 39.2 Å². The molecule has 1 amide bonds. The van der Waals surface area contributed by atoms with E-state index >= 15 is 0 Å². The van der Waals surface area contributed by atoms with E-state index in [1.54, 1.807) is 37.3 Å². The maximum Gasteiger partial charge on any atom is 0.258 e. The summed E-state index contributed by atoms with van der Waals surface area (Å²) >= 11 is 18.3. The number of halogens is 3. The van der Waals surface area contributed by atoms with Crippen molar-refractivity contribution in [3.8, 4) is 0 Å². The number of carbonyl (C=O) groups excluding carboxylic acids is 2.